The highest BCUT2D eigenvalue weighted by Crippen LogP contribution is 2.22. The average Bonchev–Trinajstić information content (AvgIpc) is 2.88. The van der Waals surface area contributed by atoms with Crippen LogP contribution >= 0.6 is 15.9 Å². The molecular formula is C11H13BrN2O4. The van der Waals surface area contributed by atoms with Gasteiger partial charge in [-0.05, 0) is 35.0 Å². The highest BCUT2D eigenvalue weighted by molar-refractivity contribution is 9.10. The molecule has 0 atom stereocenters. The number of carbonyl (C=O) groups is 1. The lowest BCUT2D eigenvalue weighted by atomic mass is 10.2. The zero-order valence-corrected chi connectivity index (χ0v) is 11.4. The molecule has 1 aliphatic heterocycles. The molecule has 1 saturated heterocycles. The van der Waals surface area contributed by atoms with Crippen LogP contribution in [-0.4, -0.2) is 31.1 Å². The fraction of sp³-hybridized carbons (Fsp3) is 0.455. The van der Waals surface area contributed by atoms with Crippen LogP contribution in [0.15, 0.2) is 26.3 Å². The molecule has 1 fully saturated rings. The van der Waals surface area contributed by atoms with Crippen LogP contribution < -0.4 is 5.43 Å². The van der Waals surface area contributed by atoms with E-state index < -0.39 is 5.79 Å². The Morgan fingerprint density at radius 3 is 2.89 bits per heavy atom. The number of ether oxygens (including phenoxy) is 2. The van der Waals surface area contributed by atoms with Gasteiger partial charge >= 0.3 is 0 Å². The van der Waals surface area contributed by atoms with Gasteiger partial charge in [0.2, 0.25) is 5.91 Å². The van der Waals surface area contributed by atoms with Gasteiger partial charge in [-0.25, -0.2) is 5.43 Å². The lowest BCUT2D eigenvalue weighted by Crippen LogP contribution is -2.33. The van der Waals surface area contributed by atoms with Gasteiger partial charge < -0.3 is 13.9 Å². The smallest absolute Gasteiger partial charge is 0.245 e. The molecule has 0 saturated carbocycles. The van der Waals surface area contributed by atoms with E-state index in [9.17, 15) is 4.79 Å². The van der Waals surface area contributed by atoms with Crippen LogP contribution in [0, 0.1) is 0 Å². The van der Waals surface area contributed by atoms with Gasteiger partial charge in [0.1, 0.15) is 5.76 Å². The Morgan fingerprint density at radius 1 is 1.56 bits per heavy atom. The molecule has 0 aromatic carbocycles. The quantitative estimate of drug-likeness (QED) is 0.677. The standard InChI is InChI=1S/C11H13BrN2O4/c1-11(16-4-5-17-11)6-10(15)14-13-7-8-2-3-9(12)18-8/h2-3,7H,4-6H2,1H3,(H,14,15). The summed E-state index contributed by atoms with van der Waals surface area (Å²) in [5.41, 5.74) is 2.39. The van der Waals surface area contributed by atoms with E-state index in [2.05, 4.69) is 26.5 Å². The number of furan rings is 1. The summed E-state index contributed by atoms with van der Waals surface area (Å²) in [5, 5.41) is 3.78. The van der Waals surface area contributed by atoms with Crippen molar-refractivity contribution < 1.29 is 18.7 Å². The van der Waals surface area contributed by atoms with Gasteiger partial charge in [-0.2, -0.15) is 5.10 Å². The van der Waals surface area contributed by atoms with E-state index in [1.165, 1.54) is 6.21 Å². The maximum absolute atomic E-state index is 11.6. The minimum absolute atomic E-state index is 0.103. The highest BCUT2D eigenvalue weighted by Gasteiger charge is 2.33. The first-order valence-electron chi connectivity index (χ1n) is 5.43. The summed E-state index contributed by atoms with van der Waals surface area (Å²) in [5.74, 6) is -0.573. The predicted octanol–water partition coefficient (Wildman–Crippen LogP) is 1.65. The van der Waals surface area contributed by atoms with Gasteiger partial charge in [0.25, 0.3) is 0 Å². The molecule has 0 unspecified atom stereocenters. The normalized spacial score (nSPS) is 18.3. The number of nitrogens with zero attached hydrogens (tertiary/aromatic N) is 1. The SMILES string of the molecule is CC1(CC(=O)NN=Cc2ccc(Br)o2)OCCO1. The fourth-order valence-electron chi connectivity index (χ4n) is 1.56. The van der Waals surface area contributed by atoms with Gasteiger partial charge in [0.05, 0.1) is 25.8 Å². The minimum atomic E-state index is -0.840. The molecule has 1 aromatic rings. The van der Waals surface area contributed by atoms with E-state index in [-0.39, 0.29) is 12.3 Å². The summed E-state index contributed by atoms with van der Waals surface area (Å²) in [4.78, 5) is 11.6. The molecule has 18 heavy (non-hydrogen) atoms. The van der Waals surface area contributed by atoms with Crippen molar-refractivity contribution in [1.29, 1.82) is 0 Å². The van der Waals surface area contributed by atoms with Crippen molar-refractivity contribution in [3.8, 4) is 0 Å². The Labute approximate surface area is 112 Å². The van der Waals surface area contributed by atoms with Crippen molar-refractivity contribution >= 4 is 28.1 Å². The van der Waals surface area contributed by atoms with E-state index in [0.717, 1.165) is 0 Å². The topological polar surface area (TPSA) is 73.1 Å². The van der Waals surface area contributed by atoms with E-state index in [0.29, 0.717) is 23.6 Å². The van der Waals surface area contributed by atoms with Crippen LogP contribution in [0.5, 0.6) is 0 Å². The largest absolute Gasteiger partial charge is 0.448 e. The summed E-state index contributed by atoms with van der Waals surface area (Å²) < 4.78 is 16.4. The molecule has 0 aliphatic carbocycles. The molecule has 2 rings (SSSR count). The van der Waals surface area contributed by atoms with Crippen LogP contribution in [0.25, 0.3) is 0 Å². The molecular weight excluding hydrogens is 304 g/mol. The zero-order chi connectivity index (χ0) is 13.0. The molecule has 1 N–H and O–H groups in total. The Bertz CT molecular complexity index is 452. The number of carbonyl (C=O) groups excluding carboxylic acids is 1. The Kier molecular flexibility index (Phi) is 4.15. The van der Waals surface area contributed by atoms with Crippen molar-refractivity contribution in [3.05, 3.63) is 22.6 Å². The lowest BCUT2D eigenvalue weighted by molar-refractivity contribution is -0.159. The van der Waals surface area contributed by atoms with E-state index in [1.54, 1.807) is 19.1 Å². The predicted molar refractivity (Wildman–Crippen MR) is 67.1 cm³/mol. The summed E-state index contributed by atoms with van der Waals surface area (Å²) in [6.45, 7) is 2.74. The third kappa shape index (κ3) is 3.66. The number of nitrogens with one attached hydrogen (secondary N) is 1. The third-order valence-corrected chi connectivity index (χ3v) is 2.78. The number of halogens is 1. The van der Waals surface area contributed by atoms with Crippen LogP contribution in [-0.2, 0) is 14.3 Å². The van der Waals surface area contributed by atoms with Gasteiger partial charge in [-0.3, -0.25) is 4.79 Å². The monoisotopic (exact) mass is 316 g/mol. The molecule has 7 heteroatoms. The summed E-state index contributed by atoms with van der Waals surface area (Å²) in [7, 11) is 0. The summed E-state index contributed by atoms with van der Waals surface area (Å²) in [6.07, 6.45) is 1.52. The zero-order valence-electron chi connectivity index (χ0n) is 9.81. The first kappa shape index (κ1) is 13.3. The second-order valence-electron chi connectivity index (χ2n) is 3.94. The maximum atomic E-state index is 11.6. The van der Waals surface area contributed by atoms with E-state index >= 15 is 0 Å². The van der Waals surface area contributed by atoms with Crippen molar-refractivity contribution in [2.24, 2.45) is 5.10 Å². The van der Waals surface area contributed by atoms with E-state index in [1.807, 2.05) is 0 Å². The minimum Gasteiger partial charge on any atom is -0.448 e. The highest BCUT2D eigenvalue weighted by atomic mass is 79.9. The molecule has 2 heterocycles. The third-order valence-electron chi connectivity index (χ3n) is 2.35. The summed E-state index contributed by atoms with van der Waals surface area (Å²) >= 11 is 3.17. The van der Waals surface area contributed by atoms with Gasteiger partial charge in [0.15, 0.2) is 10.5 Å². The van der Waals surface area contributed by atoms with Gasteiger partial charge in [0, 0.05) is 0 Å². The van der Waals surface area contributed by atoms with Crippen LogP contribution in [0.4, 0.5) is 0 Å². The lowest BCUT2D eigenvalue weighted by Gasteiger charge is -2.20. The molecule has 6 nitrogen and oxygen atoms in total. The Hall–Kier alpha value is -1.18. The maximum Gasteiger partial charge on any atom is 0.245 e. The van der Waals surface area contributed by atoms with E-state index in [4.69, 9.17) is 13.9 Å². The first-order chi connectivity index (χ1) is 8.57. The van der Waals surface area contributed by atoms with Crippen LogP contribution in [0.3, 0.4) is 0 Å². The number of rotatable bonds is 4. The number of hydrogen-bond donors (Lipinski definition) is 1. The van der Waals surface area contributed by atoms with Crippen molar-refractivity contribution in [1.82, 2.24) is 5.43 Å². The van der Waals surface area contributed by atoms with Crippen molar-refractivity contribution in [2.75, 3.05) is 13.2 Å². The van der Waals surface area contributed by atoms with Crippen molar-refractivity contribution in [2.45, 2.75) is 19.1 Å². The second kappa shape index (κ2) is 5.64. The van der Waals surface area contributed by atoms with Crippen molar-refractivity contribution in [3.63, 3.8) is 0 Å². The Balaban J connectivity index is 1.79. The average molecular weight is 317 g/mol. The first-order valence-corrected chi connectivity index (χ1v) is 6.22. The molecule has 1 aliphatic rings. The molecule has 98 valence electrons. The number of hydrazone groups is 1. The second-order valence-corrected chi connectivity index (χ2v) is 4.72. The van der Waals surface area contributed by atoms with Crippen LogP contribution in [0.2, 0.25) is 0 Å². The number of hydrogen-bond acceptors (Lipinski definition) is 5. The Morgan fingerprint density at radius 2 is 2.28 bits per heavy atom. The molecule has 1 amide bonds. The van der Waals surface area contributed by atoms with Gasteiger partial charge in [-0.1, -0.05) is 0 Å². The molecule has 0 radical (unpaired) electrons. The van der Waals surface area contributed by atoms with Crippen LogP contribution in [0.1, 0.15) is 19.1 Å². The molecule has 0 spiro atoms. The molecule has 0 bridgehead atoms. The fourth-order valence-corrected chi connectivity index (χ4v) is 1.87. The van der Waals surface area contributed by atoms with Gasteiger partial charge in [-0.15, -0.1) is 0 Å². The summed E-state index contributed by atoms with van der Waals surface area (Å²) in [6, 6.07) is 3.47. The number of amides is 1. The molecule has 1 aromatic heterocycles.